The first-order valence-corrected chi connectivity index (χ1v) is 9.09. The van der Waals surface area contributed by atoms with Gasteiger partial charge in [-0.15, -0.1) is 0 Å². The van der Waals surface area contributed by atoms with Crippen LogP contribution in [0.2, 0.25) is 0 Å². The van der Waals surface area contributed by atoms with Crippen LogP contribution in [0, 0.1) is 5.82 Å². The summed E-state index contributed by atoms with van der Waals surface area (Å²) in [5.41, 5.74) is 0.868. The molecule has 132 valence electrons. The summed E-state index contributed by atoms with van der Waals surface area (Å²) < 4.78 is 25.8. The van der Waals surface area contributed by atoms with Gasteiger partial charge in [0.15, 0.2) is 5.96 Å². The van der Waals surface area contributed by atoms with Crippen LogP contribution in [0.3, 0.4) is 0 Å². The number of ether oxygens (including phenoxy) is 2. The number of nitrogens with one attached hydrogen (secondary N) is 1. The van der Waals surface area contributed by atoms with Crippen molar-refractivity contribution >= 4 is 21.9 Å². The molecular formula is C17H23BrFN3O2. The summed E-state index contributed by atoms with van der Waals surface area (Å²) in [4.78, 5) is 6.55. The largest absolute Gasteiger partial charge is 0.375 e. The number of rotatable bonds is 3. The number of hydrogen-bond donors (Lipinski definition) is 1. The fourth-order valence-corrected chi connectivity index (χ4v) is 3.73. The van der Waals surface area contributed by atoms with Gasteiger partial charge >= 0.3 is 0 Å². The highest BCUT2D eigenvalue weighted by Gasteiger charge is 2.32. The summed E-state index contributed by atoms with van der Waals surface area (Å²) in [5, 5.41) is 3.31. The molecule has 0 radical (unpaired) electrons. The lowest BCUT2D eigenvalue weighted by Gasteiger charge is -2.37. The van der Waals surface area contributed by atoms with Gasteiger partial charge in [-0.1, -0.05) is 15.9 Å². The minimum absolute atomic E-state index is 0.0862. The van der Waals surface area contributed by atoms with Crippen molar-refractivity contribution in [2.75, 3.05) is 33.4 Å². The Morgan fingerprint density at radius 2 is 2.17 bits per heavy atom. The second kappa shape index (κ2) is 8.27. The Hall–Kier alpha value is -1.18. The molecule has 0 aliphatic carbocycles. The van der Waals surface area contributed by atoms with Crippen molar-refractivity contribution in [2.24, 2.45) is 4.99 Å². The van der Waals surface area contributed by atoms with E-state index < -0.39 is 0 Å². The van der Waals surface area contributed by atoms with E-state index >= 15 is 0 Å². The Balaban J connectivity index is 1.59. The molecule has 0 spiro atoms. The number of halogens is 2. The molecule has 2 atom stereocenters. The monoisotopic (exact) mass is 399 g/mol. The van der Waals surface area contributed by atoms with Crippen LogP contribution in [0.4, 0.5) is 4.39 Å². The summed E-state index contributed by atoms with van der Waals surface area (Å²) in [6.07, 6.45) is 2.43. The number of hydrogen-bond acceptors (Lipinski definition) is 3. The maximum atomic E-state index is 13.5. The van der Waals surface area contributed by atoms with Gasteiger partial charge in [0.25, 0.3) is 0 Å². The Bertz CT molecular complexity index is 573. The standard InChI is InChI=1S/C17H23BrFN3O2/c1-20-17(21-10-12-7-13(18)9-14(19)8-12)22-4-6-24-16(11-22)15-3-2-5-23-15/h7-9,15-16H,2-6,10-11H2,1H3,(H,20,21). The summed E-state index contributed by atoms with van der Waals surface area (Å²) in [6.45, 7) is 3.56. The quantitative estimate of drug-likeness (QED) is 0.626. The number of guanidine groups is 1. The van der Waals surface area contributed by atoms with Crippen LogP contribution < -0.4 is 5.32 Å². The van der Waals surface area contributed by atoms with Crippen molar-refractivity contribution in [1.29, 1.82) is 0 Å². The van der Waals surface area contributed by atoms with E-state index in [0.29, 0.717) is 13.2 Å². The zero-order valence-electron chi connectivity index (χ0n) is 13.8. The molecule has 0 bridgehead atoms. The van der Waals surface area contributed by atoms with Crippen LogP contribution in [-0.2, 0) is 16.0 Å². The Kier molecular flexibility index (Phi) is 6.08. The van der Waals surface area contributed by atoms with E-state index in [0.717, 1.165) is 48.5 Å². The molecule has 2 heterocycles. The number of nitrogens with zero attached hydrogens (tertiary/aromatic N) is 2. The molecule has 7 heteroatoms. The van der Waals surface area contributed by atoms with E-state index in [4.69, 9.17) is 9.47 Å². The van der Waals surface area contributed by atoms with Crippen molar-refractivity contribution in [3.05, 3.63) is 34.1 Å². The minimum Gasteiger partial charge on any atom is -0.375 e. The molecule has 0 amide bonds. The predicted molar refractivity (Wildman–Crippen MR) is 94.6 cm³/mol. The highest BCUT2D eigenvalue weighted by Crippen LogP contribution is 2.21. The van der Waals surface area contributed by atoms with Gasteiger partial charge in [0.05, 0.1) is 12.7 Å². The maximum Gasteiger partial charge on any atom is 0.194 e. The van der Waals surface area contributed by atoms with Gasteiger partial charge < -0.3 is 19.7 Å². The predicted octanol–water partition coefficient (Wildman–Crippen LogP) is 2.54. The second-order valence-corrected chi connectivity index (χ2v) is 7.00. The molecule has 2 aliphatic rings. The van der Waals surface area contributed by atoms with Crippen LogP contribution >= 0.6 is 15.9 Å². The molecule has 0 aromatic heterocycles. The fourth-order valence-electron chi connectivity index (χ4n) is 3.21. The van der Waals surface area contributed by atoms with Gasteiger partial charge in [-0.3, -0.25) is 4.99 Å². The summed E-state index contributed by atoms with van der Waals surface area (Å²) in [7, 11) is 1.76. The smallest absolute Gasteiger partial charge is 0.194 e. The molecule has 1 aromatic carbocycles. The maximum absolute atomic E-state index is 13.5. The topological polar surface area (TPSA) is 46.1 Å². The highest BCUT2D eigenvalue weighted by atomic mass is 79.9. The van der Waals surface area contributed by atoms with E-state index in [2.05, 4.69) is 31.1 Å². The third-order valence-corrected chi connectivity index (χ3v) is 4.82. The second-order valence-electron chi connectivity index (χ2n) is 6.09. The highest BCUT2D eigenvalue weighted by molar-refractivity contribution is 9.10. The Morgan fingerprint density at radius 1 is 1.33 bits per heavy atom. The van der Waals surface area contributed by atoms with Gasteiger partial charge in [0.1, 0.15) is 11.9 Å². The zero-order chi connectivity index (χ0) is 16.9. The first-order chi connectivity index (χ1) is 11.7. The summed E-state index contributed by atoms with van der Waals surface area (Å²) >= 11 is 3.32. The molecule has 2 aliphatic heterocycles. The van der Waals surface area contributed by atoms with Gasteiger partial charge in [0, 0.05) is 37.8 Å². The molecule has 5 nitrogen and oxygen atoms in total. The van der Waals surface area contributed by atoms with E-state index in [1.54, 1.807) is 7.05 Å². The normalized spacial score (nSPS) is 25.1. The van der Waals surface area contributed by atoms with Crippen molar-refractivity contribution < 1.29 is 13.9 Å². The van der Waals surface area contributed by atoms with E-state index in [9.17, 15) is 4.39 Å². The number of benzene rings is 1. The van der Waals surface area contributed by atoms with Crippen LogP contribution in [0.15, 0.2) is 27.7 Å². The van der Waals surface area contributed by atoms with Gasteiger partial charge in [-0.25, -0.2) is 4.39 Å². The molecule has 1 aromatic rings. The molecule has 2 fully saturated rings. The average Bonchev–Trinajstić information content (AvgIpc) is 3.09. The molecule has 3 rings (SSSR count). The third-order valence-electron chi connectivity index (χ3n) is 4.36. The van der Waals surface area contributed by atoms with Crippen LogP contribution in [0.25, 0.3) is 0 Å². The van der Waals surface area contributed by atoms with Crippen LogP contribution in [0.1, 0.15) is 18.4 Å². The van der Waals surface area contributed by atoms with Gasteiger partial charge in [-0.05, 0) is 36.6 Å². The molecule has 2 saturated heterocycles. The minimum atomic E-state index is -0.249. The lowest BCUT2D eigenvalue weighted by Crippen LogP contribution is -2.53. The zero-order valence-corrected chi connectivity index (χ0v) is 15.4. The van der Waals surface area contributed by atoms with Gasteiger partial charge in [-0.2, -0.15) is 0 Å². The molecule has 24 heavy (non-hydrogen) atoms. The molecular weight excluding hydrogens is 377 g/mol. The van der Waals surface area contributed by atoms with E-state index in [1.165, 1.54) is 12.1 Å². The third kappa shape index (κ3) is 4.46. The summed E-state index contributed by atoms with van der Waals surface area (Å²) in [5.74, 6) is 0.558. The van der Waals surface area contributed by atoms with Crippen molar-refractivity contribution in [3.63, 3.8) is 0 Å². The lowest BCUT2D eigenvalue weighted by molar-refractivity contribution is -0.0817. The van der Waals surface area contributed by atoms with E-state index in [1.807, 2.05) is 6.07 Å². The Morgan fingerprint density at radius 3 is 2.88 bits per heavy atom. The van der Waals surface area contributed by atoms with Crippen molar-refractivity contribution in [3.8, 4) is 0 Å². The molecule has 0 saturated carbocycles. The lowest BCUT2D eigenvalue weighted by atomic mass is 10.1. The average molecular weight is 400 g/mol. The van der Waals surface area contributed by atoms with Crippen LogP contribution in [-0.4, -0.2) is 56.4 Å². The first kappa shape index (κ1) is 17.6. The van der Waals surface area contributed by atoms with E-state index in [-0.39, 0.29) is 18.0 Å². The Labute approximate surface area is 150 Å². The molecule has 1 N–H and O–H groups in total. The SMILES string of the molecule is CN=C(NCc1cc(F)cc(Br)c1)N1CCOC(C2CCCO2)C1. The summed E-state index contributed by atoms with van der Waals surface area (Å²) in [6, 6.07) is 4.88. The van der Waals surface area contributed by atoms with Gasteiger partial charge in [0.2, 0.25) is 0 Å². The number of morpholine rings is 1. The van der Waals surface area contributed by atoms with Crippen LogP contribution in [0.5, 0.6) is 0 Å². The first-order valence-electron chi connectivity index (χ1n) is 8.29. The van der Waals surface area contributed by atoms with Crippen molar-refractivity contribution in [1.82, 2.24) is 10.2 Å². The van der Waals surface area contributed by atoms with Crippen molar-refractivity contribution in [2.45, 2.75) is 31.6 Å². The fraction of sp³-hybridized carbons (Fsp3) is 0.588. The molecule has 2 unspecified atom stereocenters. The number of aliphatic imine (C=N–C) groups is 1.